The first-order valence-electron chi connectivity index (χ1n) is 1.27. The van der Waals surface area contributed by atoms with Crippen LogP contribution in [-0.4, -0.2) is 11.1 Å². The van der Waals surface area contributed by atoms with E-state index in [2.05, 4.69) is 0 Å². The van der Waals surface area contributed by atoms with E-state index in [1.165, 1.54) is 4.08 Å². The average Bonchev–Trinajstić information content (AvgIpc) is 1.35. The lowest BCUT2D eigenvalue weighted by atomic mass is 10.7. The number of carbonyl (C=O) groups is 1. The maximum atomic E-state index is 9.51. The number of hydrogen-bond acceptors (Lipinski definition) is 1. The molecule has 3 heteroatoms. The zero-order chi connectivity index (χ0) is 4.99. The molecule has 0 amide bonds. The van der Waals surface area contributed by atoms with Gasteiger partial charge in [0, 0.05) is 6.08 Å². The molecule has 0 atom stereocenters. The van der Waals surface area contributed by atoms with Crippen molar-refractivity contribution >= 4 is 28.6 Å². The molecule has 0 heterocycles. The van der Waals surface area contributed by atoms with Crippen LogP contribution in [0.1, 0.15) is 0 Å². The van der Waals surface area contributed by atoms with Crippen molar-refractivity contribution in [2.75, 3.05) is 0 Å². The largest absolute Gasteiger partial charge is 0.478 e. The van der Waals surface area contributed by atoms with E-state index in [1.807, 2.05) is 22.6 Å². The summed E-state index contributed by atoms with van der Waals surface area (Å²) < 4.78 is 1.44. The molecule has 1 N–H and O–H groups in total. The monoisotopic (exact) mass is 198 g/mol. The number of halogens is 1. The quantitative estimate of drug-likeness (QED) is 0.504. The molecule has 6 heavy (non-hydrogen) atoms. The summed E-state index contributed by atoms with van der Waals surface area (Å²) in [5.41, 5.74) is 0. The molecule has 0 bridgehead atoms. The van der Waals surface area contributed by atoms with Crippen LogP contribution in [-0.2, 0) is 4.79 Å². The summed E-state index contributed by atoms with van der Waals surface area (Å²) in [5.74, 6) is -0.899. The molecule has 34 valence electrons. The fraction of sp³-hybridized carbons (Fsp3) is 0. The third kappa shape index (κ3) is 3.94. The Morgan fingerprint density at radius 2 is 2.33 bits per heavy atom. The van der Waals surface area contributed by atoms with E-state index in [9.17, 15) is 4.79 Å². The standard InChI is InChI=1S/C3H3IO2/c4-2-1-3(5)6/h1-2H,(H,5,6)/b2-1+. The molecule has 2 nitrogen and oxygen atoms in total. The summed E-state index contributed by atoms with van der Waals surface area (Å²) in [6, 6.07) is 0. The third-order valence-corrected chi connectivity index (χ3v) is 0.565. The molecule has 0 aliphatic carbocycles. The van der Waals surface area contributed by atoms with Gasteiger partial charge in [-0.05, 0) is 4.08 Å². The van der Waals surface area contributed by atoms with Crippen LogP contribution in [0.4, 0.5) is 0 Å². The maximum Gasteiger partial charge on any atom is 0.328 e. The van der Waals surface area contributed by atoms with E-state index in [0.29, 0.717) is 0 Å². The fourth-order valence-electron chi connectivity index (χ4n) is 0.0539. The van der Waals surface area contributed by atoms with Gasteiger partial charge in [-0.15, -0.1) is 0 Å². The molecule has 0 saturated carbocycles. The van der Waals surface area contributed by atoms with Crippen molar-refractivity contribution in [2.45, 2.75) is 0 Å². The Hall–Kier alpha value is -0.0600. The van der Waals surface area contributed by atoms with Crippen LogP contribution in [0.15, 0.2) is 10.2 Å². The lowest BCUT2D eigenvalue weighted by molar-refractivity contribution is -0.131. The lowest BCUT2D eigenvalue weighted by Crippen LogP contribution is -1.83. The minimum atomic E-state index is -0.899. The second-order valence-electron chi connectivity index (χ2n) is 0.631. The van der Waals surface area contributed by atoms with E-state index in [0.717, 1.165) is 6.08 Å². The average molecular weight is 198 g/mol. The Kier molecular flexibility index (Phi) is 3.11. The van der Waals surface area contributed by atoms with Gasteiger partial charge in [0.15, 0.2) is 0 Å². The number of carboxylic acid groups (broad SMARTS) is 1. The van der Waals surface area contributed by atoms with Crippen molar-refractivity contribution in [1.29, 1.82) is 0 Å². The number of carboxylic acids is 1. The minimum Gasteiger partial charge on any atom is -0.478 e. The van der Waals surface area contributed by atoms with Crippen LogP contribution in [0.3, 0.4) is 0 Å². The van der Waals surface area contributed by atoms with Gasteiger partial charge in [-0.1, -0.05) is 22.6 Å². The highest BCUT2D eigenvalue weighted by molar-refractivity contribution is 14.1. The van der Waals surface area contributed by atoms with Gasteiger partial charge < -0.3 is 5.11 Å². The Balaban J connectivity index is 3.30. The normalized spacial score (nSPS) is 9.50. The zero-order valence-corrected chi connectivity index (χ0v) is 5.05. The SMILES string of the molecule is O=C(O)/C=C/I. The summed E-state index contributed by atoms with van der Waals surface area (Å²) >= 11 is 1.84. The van der Waals surface area contributed by atoms with Crippen molar-refractivity contribution in [3.05, 3.63) is 10.2 Å². The predicted molar refractivity (Wildman–Crippen MR) is 30.8 cm³/mol. The summed E-state index contributed by atoms with van der Waals surface area (Å²) in [6.07, 6.45) is 1.07. The molecular weight excluding hydrogens is 195 g/mol. The van der Waals surface area contributed by atoms with Crippen molar-refractivity contribution in [3.8, 4) is 0 Å². The second kappa shape index (κ2) is 3.14. The zero-order valence-electron chi connectivity index (χ0n) is 2.89. The van der Waals surface area contributed by atoms with Crippen LogP contribution in [0.5, 0.6) is 0 Å². The van der Waals surface area contributed by atoms with Crippen molar-refractivity contribution < 1.29 is 9.90 Å². The van der Waals surface area contributed by atoms with Gasteiger partial charge in [0.25, 0.3) is 0 Å². The van der Waals surface area contributed by atoms with Crippen molar-refractivity contribution in [3.63, 3.8) is 0 Å². The summed E-state index contributed by atoms with van der Waals surface area (Å²) in [5, 5.41) is 7.82. The Bertz CT molecular complexity index is 76.9. The number of aliphatic carboxylic acids is 1. The number of hydrogen-bond donors (Lipinski definition) is 1. The van der Waals surface area contributed by atoms with E-state index in [-0.39, 0.29) is 0 Å². The van der Waals surface area contributed by atoms with Crippen LogP contribution in [0.2, 0.25) is 0 Å². The first kappa shape index (κ1) is 5.94. The maximum absolute atomic E-state index is 9.51. The molecule has 0 aromatic rings. The van der Waals surface area contributed by atoms with E-state index in [1.54, 1.807) is 0 Å². The van der Waals surface area contributed by atoms with Crippen LogP contribution >= 0.6 is 22.6 Å². The first-order valence-corrected chi connectivity index (χ1v) is 2.51. The van der Waals surface area contributed by atoms with Gasteiger partial charge in [-0.2, -0.15) is 0 Å². The summed E-state index contributed by atoms with van der Waals surface area (Å²) in [7, 11) is 0. The van der Waals surface area contributed by atoms with Crippen LogP contribution in [0.25, 0.3) is 0 Å². The minimum absolute atomic E-state index is 0.899. The predicted octanol–water partition coefficient (Wildman–Crippen LogP) is 1.02. The molecule has 0 spiro atoms. The molecule has 0 aromatic heterocycles. The van der Waals surface area contributed by atoms with Gasteiger partial charge in [-0.3, -0.25) is 0 Å². The van der Waals surface area contributed by atoms with Gasteiger partial charge in [0.1, 0.15) is 0 Å². The molecule has 0 aliphatic heterocycles. The van der Waals surface area contributed by atoms with Crippen LogP contribution in [0, 0.1) is 0 Å². The number of rotatable bonds is 1. The topological polar surface area (TPSA) is 37.3 Å². The summed E-state index contributed by atoms with van der Waals surface area (Å²) in [6.45, 7) is 0. The molecular formula is C3H3IO2. The van der Waals surface area contributed by atoms with E-state index < -0.39 is 5.97 Å². The van der Waals surface area contributed by atoms with Crippen molar-refractivity contribution in [2.24, 2.45) is 0 Å². The van der Waals surface area contributed by atoms with Crippen LogP contribution < -0.4 is 0 Å². The molecule has 0 rings (SSSR count). The Morgan fingerprint density at radius 1 is 1.83 bits per heavy atom. The highest BCUT2D eigenvalue weighted by Crippen LogP contribution is 1.80. The fourth-order valence-corrected chi connectivity index (χ4v) is 0.361. The second-order valence-corrected chi connectivity index (χ2v) is 1.35. The first-order chi connectivity index (χ1) is 2.77. The Labute approximate surface area is 49.0 Å². The van der Waals surface area contributed by atoms with E-state index in [4.69, 9.17) is 5.11 Å². The lowest BCUT2D eigenvalue weighted by Gasteiger charge is -1.67. The third-order valence-electron chi connectivity index (χ3n) is 0.206. The smallest absolute Gasteiger partial charge is 0.328 e. The molecule has 0 radical (unpaired) electrons. The van der Waals surface area contributed by atoms with Crippen molar-refractivity contribution in [1.82, 2.24) is 0 Å². The highest BCUT2D eigenvalue weighted by atomic mass is 127. The van der Waals surface area contributed by atoms with Gasteiger partial charge in [-0.25, -0.2) is 4.79 Å². The van der Waals surface area contributed by atoms with Gasteiger partial charge >= 0.3 is 5.97 Å². The van der Waals surface area contributed by atoms with E-state index >= 15 is 0 Å². The summed E-state index contributed by atoms with van der Waals surface area (Å²) in [4.78, 5) is 9.51. The molecule has 0 unspecified atom stereocenters. The highest BCUT2D eigenvalue weighted by Gasteiger charge is 1.77. The van der Waals surface area contributed by atoms with Gasteiger partial charge in [0.05, 0.1) is 0 Å². The van der Waals surface area contributed by atoms with Gasteiger partial charge in [0.2, 0.25) is 0 Å². The molecule has 0 aliphatic rings. The molecule has 0 saturated heterocycles. The molecule has 0 fully saturated rings. The Morgan fingerprint density at radius 3 is 2.33 bits per heavy atom. The molecule has 0 aromatic carbocycles.